The zero-order valence-corrected chi connectivity index (χ0v) is 12.4. The highest BCUT2D eigenvalue weighted by molar-refractivity contribution is 5.76. The van der Waals surface area contributed by atoms with Gasteiger partial charge in [0.25, 0.3) is 0 Å². The first-order valence-electron chi connectivity index (χ1n) is 7.45. The Morgan fingerprint density at radius 2 is 2.32 bits per heavy atom. The van der Waals surface area contributed by atoms with E-state index in [-0.39, 0.29) is 5.91 Å². The van der Waals surface area contributed by atoms with Crippen LogP contribution in [-0.4, -0.2) is 68.2 Å². The minimum atomic E-state index is 0.215. The van der Waals surface area contributed by atoms with Crippen molar-refractivity contribution in [1.29, 1.82) is 0 Å². The number of likely N-dealkylation sites (tertiary alicyclic amines) is 1. The molecule has 1 saturated heterocycles. The Labute approximate surface area is 117 Å². The summed E-state index contributed by atoms with van der Waals surface area (Å²) in [4.78, 5) is 16.1. The number of hydrogen-bond acceptors (Lipinski definition) is 4. The van der Waals surface area contributed by atoms with Gasteiger partial charge in [0.15, 0.2) is 0 Å². The van der Waals surface area contributed by atoms with Crippen molar-refractivity contribution in [1.82, 2.24) is 9.80 Å². The number of carbonyl (C=O) groups is 1. The largest absolute Gasteiger partial charge is 0.377 e. The lowest BCUT2D eigenvalue weighted by molar-refractivity contribution is -0.130. The number of hydrogen-bond donors (Lipinski definition) is 1. The van der Waals surface area contributed by atoms with Crippen LogP contribution in [-0.2, 0) is 9.53 Å². The van der Waals surface area contributed by atoms with Gasteiger partial charge in [-0.25, -0.2) is 0 Å². The van der Waals surface area contributed by atoms with E-state index in [2.05, 4.69) is 4.90 Å². The summed E-state index contributed by atoms with van der Waals surface area (Å²) in [7, 11) is 1.86. The Morgan fingerprint density at radius 3 is 3.00 bits per heavy atom. The van der Waals surface area contributed by atoms with Crippen molar-refractivity contribution >= 4 is 5.91 Å². The number of nitrogens with two attached hydrogens (primary N) is 1. The normalized spacial score (nSPS) is 20.5. The van der Waals surface area contributed by atoms with Crippen LogP contribution in [0.2, 0.25) is 0 Å². The van der Waals surface area contributed by atoms with Crippen molar-refractivity contribution in [3.05, 3.63) is 0 Å². The minimum Gasteiger partial charge on any atom is -0.377 e. The van der Waals surface area contributed by atoms with Crippen molar-refractivity contribution in [3.8, 4) is 0 Å². The van der Waals surface area contributed by atoms with Gasteiger partial charge in [0.2, 0.25) is 5.91 Å². The highest BCUT2D eigenvalue weighted by atomic mass is 16.5. The maximum absolute atomic E-state index is 11.9. The van der Waals surface area contributed by atoms with Gasteiger partial charge in [-0.1, -0.05) is 0 Å². The smallest absolute Gasteiger partial charge is 0.223 e. The van der Waals surface area contributed by atoms with Crippen LogP contribution in [0.25, 0.3) is 0 Å². The first-order chi connectivity index (χ1) is 9.17. The molecule has 1 heterocycles. The summed E-state index contributed by atoms with van der Waals surface area (Å²) >= 11 is 0. The molecule has 112 valence electrons. The standard InChI is InChI=1S/C14H29N3O2/c1-3-19-13-6-4-10-17(12-13)11-7-14(18)16(2)9-5-8-15/h13H,3-12,15H2,1-2H3. The van der Waals surface area contributed by atoms with Gasteiger partial charge in [-0.2, -0.15) is 0 Å². The van der Waals surface area contributed by atoms with E-state index >= 15 is 0 Å². The average Bonchev–Trinajstić information content (AvgIpc) is 2.43. The quantitative estimate of drug-likeness (QED) is 0.705. The maximum atomic E-state index is 11.9. The lowest BCUT2D eigenvalue weighted by Crippen LogP contribution is -2.41. The number of ether oxygens (including phenoxy) is 1. The zero-order valence-electron chi connectivity index (χ0n) is 12.4. The molecule has 2 N–H and O–H groups in total. The summed E-state index contributed by atoms with van der Waals surface area (Å²) in [5.74, 6) is 0.215. The minimum absolute atomic E-state index is 0.215. The van der Waals surface area contributed by atoms with Crippen LogP contribution in [0.1, 0.15) is 32.6 Å². The molecule has 5 heteroatoms. The summed E-state index contributed by atoms with van der Waals surface area (Å²) in [6.45, 7) is 7.11. The van der Waals surface area contributed by atoms with Crippen LogP contribution >= 0.6 is 0 Å². The molecule has 1 amide bonds. The van der Waals surface area contributed by atoms with Crippen LogP contribution < -0.4 is 5.73 Å². The van der Waals surface area contributed by atoms with Crippen molar-refractivity contribution in [2.75, 3.05) is 46.4 Å². The zero-order chi connectivity index (χ0) is 14.1. The van der Waals surface area contributed by atoms with Crippen LogP contribution in [0.5, 0.6) is 0 Å². The Bertz CT molecular complexity index is 259. The van der Waals surface area contributed by atoms with Crippen LogP contribution in [0.4, 0.5) is 0 Å². The molecule has 1 rings (SSSR count). The van der Waals surface area contributed by atoms with E-state index in [9.17, 15) is 4.79 Å². The molecule has 0 radical (unpaired) electrons. The lowest BCUT2D eigenvalue weighted by Gasteiger charge is -2.32. The molecule has 1 atom stereocenters. The molecule has 0 aromatic rings. The lowest BCUT2D eigenvalue weighted by atomic mass is 10.1. The van der Waals surface area contributed by atoms with Gasteiger partial charge in [0.1, 0.15) is 0 Å². The number of rotatable bonds is 8. The molecule has 1 aliphatic rings. The van der Waals surface area contributed by atoms with Crippen molar-refractivity contribution in [2.45, 2.75) is 38.7 Å². The van der Waals surface area contributed by atoms with E-state index < -0.39 is 0 Å². The Morgan fingerprint density at radius 1 is 1.53 bits per heavy atom. The number of piperidine rings is 1. The summed E-state index contributed by atoms with van der Waals surface area (Å²) in [6.07, 6.45) is 4.14. The second-order valence-electron chi connectivity index (χ2n) is 5.23. The summed E-state index contributed by atoms with van der Waals surface area (Å²) in [5.41, 5.74) is 5.45. The van der Waals surface area contributed by atoms with Crippen molar-refractivity contribution < 1.29 is 9.53 Å². The van der Waals surface area contributed by atoms with Gasteiger partial charge in [-0.3, -0.25) is 4.79 Å². The average molecular weight is 271 g/mol. The van der Waals surface area contributed by atoms with E-state index in [1.54, 1.807) is 4.90 Å². The molecule has 0 aromatic carbocycles. The van der Waals surface area contributed by atoms with E-state index in [0.29, 0.717) is 19.1 Å². The fourth-order valence-corrected chi connectivity index (χ4v) is 2.49. The highest BCUT2D eigenvalue weighted by Crippen LogP contribution is 2.13. The summed E-state index contributed by atoms with van der Waals surface area (Å²) < 4.78 is 5.67. The number of carbonyl (C=O) groups excluding carboxylic acids is 1. The fraction of sp³-hybridized carbons (Fsp3) is 0.929. The second-order valence-corrected chi connectivity index (χ2v) is 5.23. The summed E-state index contributed by atoms with van der Waals surface area (Å²) in [5, 5.41) is 0. The first-order valence-corrected chi connectivity index (χ1v) is 7.45. The van der Waals surface area contributed by atoms with Gasteiger partial charge in [0.05, 0.1) is 6.10 Å². The second kappa shape index (κ2) is 9.28. The molecule has 5 nitrogen and oxygen atoms in total. The third-order valence-electron chi connectivity index (χ3n) is 3.63. The first kappa shape index (κ1) is 16.4. The fourth-order valence-electron chi connectivity index (χ4n) is 2.49. The Kier molecular flexibility index (Phi) is 8.02. The SMILES string of the molecule is CCOC1CCCN(CCC(=O)N(C)CCCN)C1. The Balaban J connectivity index is 2.21. The third-order valence-corrected chi connectivity index (χ3v) is 3.63. The number of nitrogens with zero attached hydrogens (tertiary/aromatic N) is 2. The van der Waals surface area contributed by atoms with Gasteiger partial charge >= 0.3 is 0 Å². The van der Waals surface area contributed by atoms with Gasteiger partial charge < -0.3 is 20.3 Å². The predicted octanol–water partition coefficient (Wildman–Crippen LogP) is 0.685. The maximum Gasteiger partial charge on any atom is 0.223 e. The van der Waals surface area contributed by atoms with E-state index in [4.69, 9.17) is 10.5 Å². The summed E-state index contributed by atoms with van der Waals surface area (Å²) in [6, 6.07) is 0. The van der Waals surface area contributed by atoms with E-state index in [1.165, 1.54) is 6.42 Å². The van der Waals surface area contributed by atoms with Gasteiger partial charge in [-0.15, -0.1) is 0 Å². The third kappa shape index (κ3) is 6.36. The predicted molar refractivity (Wildman–Crippen MR) is 77.0 cm³/mol. The van der Waals surface area contributed by atoms with Crippen LogP contribution in [0.3, 0.4) is 0 Å². The molecule has 1 unspecified atom stereocenters. The molecule has 0 bridgehead atoms. The molecule has 19 heavy (non-hydrogen) atoms. The van der Waals surface area contributed by atoms with Crippen LogP contribution in [0.15, 0.2) is 0 Å². The topological polar surface area (TPSA) is 58.8 Å². The Hall–Kier alpha value is -0.650. The number of amides is 1. The molecular weight excluding hydrogens is 242 g/mol. The molecule has 0 aliphatic carbocycles. The molecule has 1 fully saturated rings. The molecule has 0 aromatic heterocycles. The van der Waals surface area contributed by atoms with Crippen molar-refractivity contribution in [3.63, 3.8) is 0 Å². The van der Waals surface area contributed by atoms with Gasteiger partial charge in [-0.05, 0) is 39.3 Å². The molecule has 1 aliphatic heterocycles. The van der Waals surface area contributed by atoms with Crippen LogP contribution in [0, 0.1) is 0 Å². The molecule has 0 saturated carbocycles. The highest BCUT2D eigenvalue weighted by Gasteiger charge is 2.20. The van der Waals surface area contributed by atoms with E-state index in [1.807, 2.05) is 14.0 Å². The van der Waals surface area contributed by atoms with E-state index in [0.717, 1.165) is 45.6 Å². The molecule has 0 spiro atoms. The van der Waals surface area contributed by atoms with Crippen molar-refractivity contribution in [2.24, 2.45) is 5.73 Å². The monoisotopic (exact) mass is 271 g/mol. The van der Waals surface area contributed by atoms with Gasteiger partial charge in [0, 0.05) is 39.7 Å². The molecular formula is C14H29N3O2.